The van der Waals surface area contributed by atoms with Gasteiger partial charge in [-0.15, -0.1) is 0 Å². The zero-order valence-electron chi connectivity index (χ0n) is 14.5. The standard InChI is InChI=1S/C18H22ClF3N2O2/c1-12(25)24(10-9-17(26)23-14-5-3-2-4-6-14)16-11-13(18(20,21)22)7-8-15(16)19/h7-8,11,14H,2-6,9-10H2,1H3,(H,23,26). The first-order valence-electron chi connectivity index (χ1n) is 8.62. The van der Waals surface area contributed by atoms with E-state index in [1.54, 1.807) is 0 Å². The SMILES string of the molecule is CC(=O)N(CCC(=O)NC1CCCCC1)c1cc(C(F)(F)F)ccc1Cl. The zero-order chi connectivity index (χ0) is 19.3. The van der Waals surface area contributed by atoms with Gasteiger partial charge in [0.1, 0.15) is 0 Å². The number of amides is 2. The first-order chi connectivity index (χ1) is 12.2. The number of carbonyl (C=O) groups excluding carboxylic acids is 2. The molecule has 26 heavy (non-hydrogen) atoms. The average Bonchev–Trinajstić information content (AvgIpc) is 2.56. The zero-order valence-corrected chi connectivity index (χ0v) is 15.3. The van der Waals surface area contributed by atoms with Gasteiger partial charge in [0.15, 0.2) is 0 Å². The van der Waals surface area contributed by atoms with Gasteiger partial charge in [0.25, 0.3) is 0 Å². The van der Waals surface area contributed by atoms with E-state index in [1.165, 1.54) is 13.3 Å². The maximum absolute atomic E-state index is 12.9. The maximum Gasteiger partial charge on any atom is 0.416 e. The Bertz CT molecular complexity index is 658. The Balaban J connectivity index is 2.06. The topological polar surface area (TPSA) is 49.4 Å². The summed E-state index contributed by atoms with van der Waals surface area (Å²) in [5.41, 5.74) is -0.936. The molecule has 4 nitrogen and oxygen atoms in total. The molecule has 0 radical (unpaired) electrons. The lowest BCUT2D eigenvalue weighted by atomic mass is 9.95. The molecule has 8 heteroatoms. The molecule has 0 saturated heterocycles. The Hall–Kier alpha value is -1.76. The molecular weight excluding hydrogens is 369 g/mol. The van der Waals surface area contributed by atoms with E-state index in [0.717, 1.165) is 48.8 Å². The highest BCUT2D eigenvalue weighted by Gasteiger charge is 2.32. The van der Waals surface area contributed by atoms with Crippen molar-refractivity contribution in [3.8, 4) is 0 Å². The van der Waals surface area contributed by atoms with Crippen LogP contribution in [0.15, 0.2) is 18.2 Å². The van der Waals surface area contributed by atoms with Crippen LogP contribution < -0.4 is 10.2 Å². The molecule has 2 rings (SSSR count). The third-order valence-electron chi connectivity index (χ3n) is 4.48. The summed E-state index contributed by atoms with van der Waals surface area (Å²) in [4.78, 5) is 25.1. The molecule has 144 valence electrons. The van der Waals surface area contributed by atoms with Crippen molar-refractivity contribution in [2.45, 2.75) is 57.7 Å². The van der Waals surface area contributed by atoms with Gasteiger partial charge >= 0.3 is 6.18 Å². The highest BCUT2D eigenvalue weighted by Crippen LogP contribution is 2.35. The van der Waals surface area contributed by atoms with Crippen LogP contribution in [0.2, 0.25) is 5.02 Å². The van der Waals surface area contributed by atoms with Gasteiger partial charge < -0.3 is 10.2 Å². The number of anilines is 1. The van der Waals surface area contributed by atoms with Crippen molar-refractivity contribution in [1.29, 1.82) is 0 Å². The molecule has 2 amide bonds. The maximum atomic E-state index is 12.9. The molecule has 1 fully saturated rings. The van der Waals surface area contributed by atoms with Crippen molar-refractivity contribution in [3.05, 3.63) is 28.8 Å². The number of benzene rings is 1. The summed E-state index contributed by atoms with van der Waals surface area (Å²) in [6.07, 6.45) is 0.638. The fourth-order valence-corrected chi connectivity index (χ4v) is 3.32. The van der Waals surface area contributed by atoms with E-state index in [1.807, 2.05) is 0 Å². The summed E-state index contributed by atoms with van der Waals surface area (Å²) in [7, 11) is 0. The van der Waals surface area contributed by atoms with E-state index in [0.29, 0.717) is 0 Å². The van der Waals surface area contributed by atoms with Crippen molar-refractivity contribution in [2.75, 3.05) is 11.4 Å². The number of hydrogen-bond donors (Lipinski definition) is 1. The van der Waals surface area contributed by atoms with E-state index in [9.17, 15) is 22.8 Å². The number of carbonyl (C=O) groups is 2. The second-order valence-corrected chi connectivity index (χ2v) is 6.89. The highest BCUT2D eigenvalue weighted by atomic mass is 35.5. The van der Waals surface area contributed by atoms with Gasteiger partial charge in [0.2, 0.25) is 11.8 Å². The van der Waals surface area contributed by atoms with E-state index in [2.05, 4.69) is 5.32 Å². The lowest BCUT2D eigenvalue weighted by Gasteiger charge is -2.25. The van der Waals surface area contributed by atoms with Crippen LogP contribution in [0.25, 0.3) is 0 Å². The van der Waals surface area contributed by atoms with Crippen LogP contribution in [0.3, 0.4) is 0 Å². The van der Waals surface area contributed by atoms with Gasteiger partial charge in [-0.1, -0.05) is 30.9 Å². The van der Waals surface area contributed by atoms with E-state index in [-0.39, 0.29) is 35.6 Å². The molecular formula is C18H22ClF3N2O2. The monoisotopic (exact) mass is 390 g/mol. The molecule has 1 aromatic rings. The van der Waals surface area contributed by atoms with Crippen molar-refractivity contribution >= 4 is 29.1 Å². The van der Waals surface area contributed by atoms with E-state index >= 15 is 0 Å². The van der Waals surface area contributed by atoms with Crippen LogP contribution >= 0.6 is 11.6 Å². The largest absolute Gasteiger partial charge is 0.416 e. The summed E-state index contributed by atoms with van der Waals surface area (Å²) >= 11 is 5.99. The van der Waals surface area contributed by atoms with Crippen molar-refractivity contribution in [1.82, 2.24) is 5.32 Å². The molecule has 0 heterocycles. The number of halogens is 4. The van der Waals surface area contributed by atoms with Gasteiger partial charge in [-0.2, -0.15) is 13.2 Å². The molecule has 0 aliphatic heterocycles. The summed E-state index contributed by atoms with van der Waals surface area (Å²) in [6.45, 7) is 1.20. The summed E-state index contributed by atoms with van der Waals surface area (Å²) < 4.78 is 38.8. The van der Waals surface area contributed by atoms with Gasteiger partial charge in [-0.05, 0) is 31.0 Å². The molecule has 0 bridgehead atoms. The fourth-order valence-electron chi connectivity index (χ4n) is 3.10. The smallest absolute Gasteiger partial charge is 0.353 e. The Kier molecular flexibility index (Phi) is 6.92. The Morgan fingerprint density at radius 2 is 1.88 bits per heavy atom. The Morgan fingerprint density at radius 3 is 2.46 bits per heavy atom. The lowest BCUT2D eigenvalue weighted by Crippen LogP contribution is -2.39. The van der Waals surface area contributed by atoms with E-state index < -0.39 is 17.6 Å². The first kappa shape index (κ1) is 20.6. The average molecular weight is 391 g/mol. The Morgan fingerprint density at radius 1 is 1.23 bits per heavy atom. The lowest BCUT2D eigenvalue weighted by molar-refractivity contribution is -0.137. The molecule has 1 saturated carbocycles. The second-order valence-electron chi connectivity index (χ2n) is 6.49. The number of nitrogens with one attached hydrogen (secondary N) is 1. The number of alkyl halides is 3. The van der Waals surface area contributed by atoms with Crippen LogP contribution in [-0.4, -0.2) is 24.4 Å². The van der Waals surface area contributed by atoms with Gasteiger partial charge in [0, 0.05) is 25.9 Å². The number of hydrogen-bond acceptors (Lipinski definition) is 2. The van der Waals surface area contributed by atoms with Crippen LogP contribution in [0.4, 0.5) is 18.9 Å². The highest BCUT2D eigenvalue weighted by molar-refractivity contribution is 6.33. The molecule has 1 aromatic carbocycles. The summed E-state index contributed by atoms with van der Waals surface area (Å²) in [6, 6.07) is 2.94. The van der Waals surface area contributed by atoms with Gasteiger partial charge in [-0.3, -0.25) is 9.59 Å². The van der Waals surface area contributed by atoms with Crippen molar-refractivity contribution in [2.24, 2.45) is 0 Å². The predicted octanol–water partition coefficient (Wildman–Crippen LogP) is 4.55. The minimum Gasteiger partial charge on any atom is -0.353 e. The second kappa shape index (κ2) is 8.75. The third-order valence-corrected chi connectivity index (χ3v) is 4.80. The molecule has 0 spiro atoms. The Labute approximate surface area is 155 Å². The number of rotatable bonds is 5. The number of nitrogens with zero attached hydrogens (tertiary/aromatic N) is 1. The molecule has 1 aliphatic rings. The summed E-state index contributed by atoms with van der Waals surface area (Å²) in [5, 5.41) is 2.95. The fraction of sp³-hybridized carbons (Fsp3) is 0.556. The molecule has 0 unspecified atom stereocenters. The first-order valence-corrected chi connectivity index (χ1v) is 9.00. The quantitative estimate of drug-likeness (QED) is 0.801. The van der Waals surface area contributed by atoms with Crippen molar-refractivity contribution in [3.63, 3.8) is 0 Å². The van der Waals surface area contributed by atoms with Gasteiger partial charge in [0.05, 0.1) is 16.3 Å². The van der Waals surface area contributed by atoms with Crippen molar-refractivity contribution < 1.29 is 22.8 Å². The molecule has 0 atom stereocenters. The minimum absolute atomic E-state index is 0.00263. The molecule has 1 aliphatic carbocycles. The molecule has 1 N–H and O–H groups in total. The van der Waals surface area contributed by atoms with Crippen LogP contribution in [0.1, 0.15) is 51.0 Å². The molecule has 0 aromatic heterocycles. The van der Waals surface area contributed by atoms with Gasteiger partial charge in [-0.25, -0.2) is 0 Å². The van der Waals surface area contributed by atoms with Crippen LogP contribution in [-0.2, 0) is 15.8 Å². The van der Waals surface area contributed by atoms with Crippen LogP contribution in [0, 0.1) is 0 Å². The predicted molar refractivity (Wildman–Crippen MR) is 94.1 cm³/mol. The third kappa shape index (κ3) is 5.62. The normalized spacial score (nSPS) is 15.6. The van der Waals surface area contributed by atoms with E-state index in [4.69, 9.17) is 11.6 Å². The minimum atomic E-state index is -4.54. The van der Waals surface area contributed by atoms with Crippen LogP contribution in [0.5, 0.6) is 0 Å². The summed E-state index contributed by atoms with van der Waals surface area (Å²) in [5.74, 6) is -0.692.